The minimum atomic E-state index is -0.788. The van der Waals surface area contributed by atoms with E-state index in [4.69, 9.17) is 23.4 Å². The van der Waals surface area contributed by atoms with Gasteiger partial charge in [-0.3, -0.25) is 14.4 Å². The summed E-state index contributed by atoms with van der Waals surface area (Å²) in [5, 5.41) is 17.2. The highest BCUT2D eigenvalue weighted by atomic mass is 16.5. The van der Waals surface area contributed by atoms with E-state index in [9.17, 15) is 14.4 Å². The van der Waals surface area contributed by atoms with E-state index in [1.54, 1.807) is 45.4 Å². The predicted molar refractivity (Wildman–Crippen MR) is 189 cm³/mol. The molecule has 3 atom stereocenters. The van der Waals surface area contributed by atoms with Crippen molar-refractivity contribution in [2.75, 3.05) is 39.1 Å². The number of nitrogens with one attached hydrogen (secondary N) is 3. The van der Waals surface area contributed by atoms with E-state index in [1.807, 2.05) is 26.0 Å². The van der Waals surface area contributed by atoms with Crippen molar-refractivity contribution in [3.05, 3.63) is 69.7 Å². The van der Waals surface area contributed by atoms with Gasteiger partial charge in [0, 0.05) is 25.1 Å². The van der Waals surface area contributed by atoms with Crippen molar-refractivity contribution in [2.24, 2.45) is 5.92 Å². The maximum atomic E-state index is 14.0. The van der Waals surface area contributed by atoms with Crippen LogP contribution in [-0.2, 0) is 16.0 Å². The van der Waals surface area contributed by atoms with Gasteiger partial charge in [0.2, 0.25) is 28.9 Å². The highest BCUT2D eigenvalue weighted by Crippen LogP contribution is 2.50. The molecule has 3 aromatic carbocycles. The lowest BCUT2D eigenvalue weighted by atomic mass is 9.95. The van der Waals surface area contributed by atoms with Crippen molar-refractivity contribution in [1.82, 2.24) is 15.5 Å². The molecule has 0 aliphatic heterocycles. The first-order chi connectivity index (χ1) is 24.0. The summed E-state index contributed by atoms with van der Waals surface area (Å²) in [7, 11) is 6.17. The Balaban J connectivity index is 1.57. The second kappa shape index (κ2) is 15.3. The maximum Gasteiger partial charge on any atom is 0.251 e. The Labute approximate surface area is 290 Å². The molecule has 0 unspecified atom stereocenters. The van der Waals surface area contributed by atoms with E-state index in [-0.39, 0.29) is 34.7 Å². The summed E-state index contributed by atoms with van der Waals surface area (Å²) in [6.45, 7) is 7.05. The van der Waals surface area contributed by atoms with Crippen LogP contribution in [0.1, 0.15) is 56.7 Å². The zero-order valence-corrected chi connectivity index (χ0v) is 29.6. The van der Waals surface area contributed by atoms with Crippen LogP contribution in [0.5, 0.6) is 23.0 Å². The summed E-state index contributed by atoms with van der Waals surface area (Å²) in [4.78, 5) is 40.3. The van der Waals surface area contributed by atoms with Crippen molar-refractivity contribution in [1.29, 1.82) is 0 Å². The molecule has 4 aromatic rings. The molecular formula is C37H43N5O8. The van der Waals surface area contributed by atoms with Crippen LogP contribution in [0.4, 0.5) is 11.4 Å². The van der Waals surface area contributed by atoms with Crippen molar-refractivity contribution in [3.63, 3.8) is 0 Å². The van der Waals surface area contributed by atoms with Gasteiger partial charge in [-0.1, -0.05) is 26.3 Å². The molecule has 2 amide bonds. The van der Waals surface area contributed by atoms with E-state index in [0.29, 0.717) is 70.5 Å². The zero-order chi connectivity index (χ0) is 36.1. The third-order valence-electron chi connectivity index (χ3n) is 8.95. The smallest absolute Gasteiger partial charge is 0.251 e. The maximum absolute atomic E-state index is 14.0. The number of rotatable bonds is 12. The topological polar surface area (TPSA) is 163 Å². The SMILES string of the molecule is CC[C@@H](C)[C@H](Nc1ccc2c(cc1=O)[C@@H](NC(C)=O)CCc1cc(OC)c(OC)c(OC)c1-2)C(=O)Nc1ccc(OC)c(-c2nnc(C)o2)c1. The summed E-state index contributed by atoms with van der Waals surface area (Å²) in [6, 6.07) is 10.8. The molecule has 1 aliphatic carbocycles. The molecule has 0 bridgehead atoms. The molecule has 1 heterocycles. The number of nitrogens with zero attached hydrogens (tertiary/aromatic N) is 2. The second-order valence-corrected chi connectivity index (χ2v) is 12.1. The number of fused-ring (bicyclic) bond motifs is 3. The average molecular weight is 686 g/mol. The lowest BCUT2D eigenvalue weighted by Gasteiger charge is -2.24. The number of amides is 2. The highest BCUT2D eigenvalue weighted by molar-refractivity contribution is 5.97. The number of aromatic nitrogens is 2. The molecule has 0 saturated heterocycles. The van der Waals surface area contributed by atoms with Crippen LogP contribution in [0, 0.1) is 12.8 Å². The fraction of sp³-hybridized carbons (Fsp3) is 0.378. The molecule has 0 fully saturated rings. The Morgan fingerprint density at radius 1 is 0.940 bits per heavy atom. The van der Waals surface area contributed by atoms with Crippen molar-refractivity contribution < 1.29 is 33.0 Å². The number of carbonyl (C=O) groups excluding carboxylic acids is 2. The van der Waals surface area contributed by atoms with E-state index in [2.05, 4.69) is 26.1 Å². The summed E-state index contributed by atoms with van der Waals surface area (Å²) >= 11 is 0. The molecule has 0 radical (unpaired) electrons. The summed E-state index contributed by atoms with van der Waals surface area (Å²) in [6.07, 6.45) is 1.75. The van der Waals surface area contributed by atoms with Gasteiger partial charge in [-0.05, 0) is 71.8 Å². The van der Waals surface area contributed by atoms with Gasteiger partial charge in [0.1, 0.15) is 11.8 Å². The number of benzene rings is 2. The van der Waals surface area contributed by atoms with Crippen molar-refractivity contribution in [3.8, 4) is 45.6 Å². The number of methoxy groups -OCH3 is 4. The Morgan fingerprint density at radius 3 is 2.30 bits per heavy atom. The molecule has 1 aliphatic rings. The second-order valence-electron chi connectivity index (χ2n) is 12.1. The number of ether oxygens (including phenoxy) is 4. The van der Waals surface area contributed by atoms with E-state index in [0.717, 1.165) is 11.1 Å². The number of aryl methyl sites for hydroxylation is 2. The van der Waals surface area contributed by atoms with Crippen LogP contribution in [0.3, 0.4) is 0 Å². The van der Waals surface area contributed by atoms with Crippen molar-refractivity contribution >= 4 is 23.2 Å². The molecular weight excluding hydrogens is 642 g/mol. The van der Waals surface area contributed by atoms with E-state index >= 15 is 0 Å². The monoisotopic (exact) mass is 685 g/mol. The zero-order valence-electron chi connectivity index (χ0n) is 29.6. The fourth-order valence-electron chi connectivity index (χ4n) is 6.27. The number of anilines is 2. The van der Waals surface area contributed by atoms with Crippen LogP contribution in [0.2, 0.25) is 0 Å². The van der Waals surface area contributed by atoms with Crippen LogP contribution in [-0.4, -0.2) is 56.5 Å². The third-order valence-corrected chi connectivity index (χ3v) is 8.95. The standard InChI is InChI=1S/C37H43N5O8/c1-9-19(2)33(36(45)39-23-11-15-30(46-5)26(17-23)37-42-41-21(4)50-37)40-28-14-12-24-25(18-29(28)44)27(38-20(3)43)13-10-22-16-31(47-6)34(48-7)35(49-8)32(22)24/h11-12,14-19,27,33H,9-10,13H2,1-8H3,(H,38,43)(H,39,45)(H,40,44)/t19-,27+,33+/m1/s1. The normalized spacial score (nSPS) is 14.6. The fourth-order valence-corrected chi connectivity index (χ4v) is 6.27. The quantitative estimate of drug-likeness (QED) is 0.168. The first-order valence-electron chi connectivity index (χ1n) is 16.4. The molecule has 264 valence electrons. The van der Waals surface area contributed by atoms with Gasteiger partial charge in [0.05, 0.1) is 45.7 Å². The first-order valence-corrected chi connectivity index (χ1v) is 16.4. The predicted octanol–water partition coefficient (Wildman–Crippen LogP) is 5.70. The number of hydrogen-bond acceptors (Lipinski definition) is 11. The van der Waals surface area contributed by atoms with Gasteiger partial charge < -0.3 is 39.3 Å². The van der Waals surface area contributed by atoms with Crippen LogP contribution < -0.4 is 40.3 Å². The third kappa shape index (κ3) is 7.21. The number of hydrogen-bond donors (Lipinski definition) is 3. The van der Waals surface area contributed by atoms with Gasteiger partial charge in [-0.2, -0.15) is 0 Å². The largest absolute Gasteiger partial charge is 0.496 e. The van der Waals surface area contributed by atoms with Gasteiger partial charge >= 0.3 is 0 Å². The van der Waals surface area contributed by atoms with Gasteiger partial charge in [-0.25, -0.2) is 0 Å². The van der Waals surface area contributed by atoms with Crippen LogP contribution in [0.25, 0.3) is 22.6 Å². The molecule has 0 spiro atoms. The molecule has 0 saturated carbocycles. The number of carbonyl (C=O) groups is 2. The Bertz CT molecular complexity index is 1960. The molecule has 50 heavy (non-hydrogen) atoms. The van der Waals surface area contributed by atoms with Crippen molar-refractivity contribution in [2.45, 2.75) is 59.0 Å². The molecule has 3 N–H and O–H groups in total. The Hall–Kier alpha value is -5.59. The summed E-state index contributed by atoms with van der Waals surface area (Å²) in [5.41, 5.74) is 3.83. The van der Waals surface area contributed by atoms with Gasteiger partial charge in [0.15, 0.2) is 11.5 Å². The summed E-state index contributed by atoms with van der Waals surface area (Å²) < 4.78 is 28.3. The molecule has 13 heteroatoms. The molecule has 5 rings (SSSR count). The van der Waals surface area contributed by atoms with Gasteiger partial charge in [-0.15, -0.1) is 10.2 Å². The first kappa shape index (κ1) is 35.7. The summed E-state index contributed by atoms with van der Waals surface area (Å²) in [5.74, 6) is 1.78. The minimum absolute atomic E-state index is 0.168. The Kier molecular flexibility index (Phi) is 10.9. The minimum Gasteiger partial charge on any atom is -0.496 e. The lowest BCUT2D eigenvalue weighted by Crippen LogP contribution is -2.40. The van der Waals surface area contributed by atoms with E-state index in [1.165, 1.54) is 27.2 Å². The van der Waals surface area contributed by atoms with Crippen LogP contribution in [0.15, 0.2) is 51.7 Å². The average Bonchev–Trinajstić information content (AvgIpc) is 3.41. The van der Waals surface area contributed by atoms with Gasteiger partial charge in [0.25, 0.3) is 5.89 Å². The Morgan fingerprint density at radius 2 is 1.68 bits per heavy atom. The molecule has 13 nitrogen and oxygen atoms in total. The highest BCUT2D eigenvalue weighted by Gasteiger charge is 2.31. The lowest BCUT2D eigenvalue weighted by molar-refractivity contribution is -0.120. The van der Waals surface area contributed by atoms with E-state index < -0.39 is 12.1 Å². The van der Waals surface area contributed by atoms with Crippen LogP contribution >= 0.6 is 0 Å². The molecule has 1 aromatic heterocycles.